The molecule has 1 atom stereocenters. The summed E-state index contributed by atoms with van der Waals surface area (Å²) >= 11 is 0. The number of nitrogens with zero attached hydrogens (tertiary/aromatic N) is 3. The van der Waals surface area contributed by atoms with Crippen molar-refractivity contribution in [2.24, 2.45) is 5.92 Å². The summed E-state index contributed by atoms with van der Waals surface area (Å²) in [5.74, 6) is -3.57. The van der Waals surface area contributed by atoms with Crippen LogP contribution in [0.4, 0.5) is 8.78 Å². The zero-order valence-electron chi connectivity index (χ0n) is 11.9. The number of amides is 1. The van der Waals surface area contributed by atoms with Crippen LogP contribution in [0.25, 0.3) is 5.69 Å². The van der Waals surface area contributed by atoms with Crippen LogP contribution in [0.2, 0.25) is 0 Å². The third-order valence-electron chi connectivity index (χ3n) is 3.86. The molecule has 1 aromatic carbocycles. The topological polar surface area (TPSA) is 59.8 Å². The molecule has 7 heteroatoms. The maximum atomic E-state index is 13.1. The van der Waals surface area contributed by atoms with Gasteiger partial charge >= 0.3 is 0 Å². The number of rotatable bonds is 4. The summed E-state index contributed by atoms with van der Waals surface area (Å²) in [4.78, 5) is 15.8. The Morgan fingerprint density at radius 3 is 2.73 bits per heavy atom. The van der Waals surface area contributed by atoms with E-state index in [1.165, 1.54) is 6.33 Å². The van der Waals surface area contributed by atoms with E-state index in [0.29, 0.717) is 6.54 Å². The monoisotopic (exact) mass is 306 g/mol. The summed E-state index contributed by atoms with van der Waals surface area (Å²) in [7, 11) is 0. The van der Waals surface area contributed by atoms with Gasteiger partial charge in [-0.3, -0.25) is 4.79 Å². The first-order valence-corrected chi connectivity index (χ1v) is 7.13. The average molecular weight is 306 g/mol. The van der Waals surface area contributed by atoms with Crippen LogP contribution in [-0.4, -0.2) is 26.6 Å². The highest BCUT2D eigenvalue weighted by Crippen LogP contribution is 2.38. The van der Waals surface area contributed by atoms with E-state index in [1.807, 2.05) is 24.3 Å². The second-order valence-corrected chi connectivity index (χ2v) is 5.52. The number of hydrogen-bond donors (Lipinski definition) is 1. The van der Waals surface area contributed by atoms with E-state index in [1.54, 1.807) is 11.0 Å². The standard InChI is InChI=1S/C15H16F2N4O/c16-15(17)6-5-12(7-15)14(22)19-8-11-1-3-13(4-2-11)21-10-18-9-20-21/h1-4,9-10,12H,5-8H2,(H,19,22). The number of benzene rings is 1. The maximum absolute atomic E-state index is 13.1. The van der Waals surface area contributed by atoms with Gasteiger partial charge in [-0.1, -0.05) is 12.1 Å². The summed E-state index contributed by atoms with van der Waals surface area (Å²) in [5.41, 5.74) is 1.77. The number of carbonyl (C=O) groups excluding carboxylic acids is 1. The van der Waals surface area contributed by atoms with Crippen LogP contribution in [0.3, 0.4) is 0 Å². The first-order chi connectivity index (χ1) is 10.5. The number of hydrogen-bond acceptors (Lipinski definition) is 3. The average Bonchev–Trinajstić information content (AvgIpc) is 3.15. The van der Waals surface area contributed by atoms with Gasteiger partial charge in [0, 0.05) is 25.3 Å². The van der Waals surface area contributed by atoms with E-state index < -0.39 is 11.8 Å². The molecule has 1 aromatic heterocycles. The van der Waals surface area contributed by atoms with Crippen LogP contribution in [-0.2, 0) is 11.3 Å². The number of carbonyl (C=O) groups is 1. The SMILES string of the molecule is O=C(NCc1ccc(-n2cncn2)cc1)C1CCC(F)(F)C1. The van der Waals surface area contributed by atoms with Gasteiger partial charge in [0.05, 0.1) is 5.69 Å². The van der Waals surface area contributed by atoms with E-state index in [-0.39, 0.29) is 25.2 Å². The lowest BCUT2D eigenvalue weighted by molar-refractivity contribution is -0.125. The van der Waals surface area contributed by atoms with Gasteiger partial charge in [0.15, 0.2) is 0 Å². The van der Waals surface area contributed by atoms with E-state index in [4.69, 9.17) is 0 Å². The van der Waals surface area contributed by atoms with Crippen molar-refractivity contribution in [3.05, 3.63) is 42.5 Å². The fraction of sp³-hybridized carbons (Fsp3) is 0.400. The molecular formula is C15H16F2N4O. The molecule has 5 nitrogen and oxygen atoms in total. The molecule has 1 N–H and O–H groups in total. The fourth-order valence-electron chi connectivity index (χ4n) is 2.62. The summed E-state index contributed by atoms with van der Waals surface area (Å²) < 4.78 is 27.8. The third-order valence-corrected chi connectivity index (χ3v) is 3.86. The lowest BCUT2D eigenvalue weighted by Gasteiger charge is -2.11. The van der Waals surface area contributed by atoms with Crippen LogP contribution < -0.4 is 5.32 Å². The van der Waals surface area contributed by atoms with Crippen LogP contribution in [0.15, 0.2) is 36.9 Å². The minimum Gasteiger partial charge on any atom is -0.352 e. The van der Waals surface area contributed by atoms with Gasteiger partial charge in [0.2, 0.25) is 11.8 Å². The molecule has 1 fully saturated rings. The van der Waals surface area contributed by atoms with Crippen molar-refractivity contribution in [1.29, 1.82) is 0 Å². The molecule has 1 aliphatic carbocycles. The Labute approximate surface area is 126 Å². The molecule has 1 amide bonds. The lowest BCUT2D eigenvalue weighted by Crippen LogP contribution is -2.29. The molecular weight excluding hydrogens is 290 g/mol. The third kappa shape index (κ3) is 3.29. The molecule has 1 saturated carbocycles. The van der Waals surface area contributed by atoms with Crippen molar-refractivity contribution in [3.8, 4) is 5.69 Å². The van der Waals surface area contributed by atoms with Gasteiger partial charge in [-0.05, 0) is 24.1 Å². The van der Waals surface area contributed by atoms with Gasteiger partial charge in [-0.15, -0.1) is 0 Å². The summed E-state index contributed by atoms with van der Waals surface area (Å²) in [6.45, 7) is 0.332. The zero-order chi connectivity index (χ0) is 15.6. The van der Waals surface area contributed by atoms with Crippen LogP contribution in [0.5, 0.6) is 0 Å². The van der Waals surface area contributed by atoms with Crippen molar-refractivity contribution < 1.29 is 13.6 Å². The largest absolute Gasteiger partial charge is 0.352 e. The summed E-state index contributed by atoms with van der Waals surface area (Å²) in [6.07, 6.45) is 2.76. The Morgan fingerprint density at radius 1 is 1.36 bits per heavy atom. The first kappa shape index (κ1) is 14.6. The second kappa shape index (κ2) is 5.82. The van der Waals surface area contributed by atoms with E-state index in [2.05, 4.69) is 15.4 Å². The van der Waals surface area contributed by atoms with Crippen LogP contribution in [0, 0.1) is 5.92 Å². The Morgan fingerprint density at radius 2 is 2.14 bits per heavy atom. The fourth-order valence-corrected chi connectivity index (χ4v) is 2.62. The highest BCUT2D eigenvalue weighted by molar-refractivity contribution is 5.79. The van der Waals surface area contributed by atoms with Gasteiger partial charge in [-0.25, -0.2) is 18.4 Å². The van der Waals surface area contributed by atoms with Crippen molar-refractivity contribution >= 4 is 5.91 Å². The van der Waals surface area contributed by atoms with Crippen molar-refractivity contribution in [2.75, 3.05) is 0 Å². The second-order valence-electron chi connectivity index (χ2n) is 5.52. The van der Waals surface area contributed by atoms with E-state index in [0.717, 1.165) is 11.3 Å². The first-order valence-electron chi connectivity index (χ1n) is 7.13. The van der Waals surface area contributed by atoms with E-state index in [9.17, 15) is 13.6 Å². The molecule has 1 aliphatic rings. The van der Waals surface area contributed by atoms with Gasteiger partial charge in [0.25, 0.3) is 0 Å². The van der Waals surface area contributed by atoms with E-state index >= 15 is 0 Å². The van der Waals surface area contributed by atoms with Crippen LogP contribution in [0.1, 0.15) is 24.8 Å². The molecule has 0 bridgehead atoms. The lowest BCUT2D eigenvalue weighted by atomic mass is 10.1. The predicted octanol–water partition coefficient (Wildman–Crippen LogP) is 2.32. The molecule has 22 heavy (non-hydrogen) atoms. The zero-order valence-corrected chi connectivity index (χ0v) is 11.9. The van der Waals surface area contributed by atoms with Gasteiger partial charge < -0.3 is 5.32 Å². The van der Waals surface area contributed by atoms with Gasteiger partial charge in [0.1, 0.15) is 12.7 Å². The minimum absolute atomic E-state index is 0.197. The molecule has 0 saturated heterocycles. The maximum Gasteiger partial charge on any atom is 0.248 e. The minimum atomic E-state index is -2.69. The number of aromatic nitrogens is 3. The molecule has 1 heterocycles. The Hall–Kier alpha value is -2.31. The van der Waals surface area contributed by atoms with Crippen molar-refractivity contribution in [3.63, 3.8) is 0 Å². The molecule has 3 rings (SSSR count). The Kier molecular flexibility index (Phi) is 3.87. The molecule has 0 spiro atoms. The highest BCUT2D eigenvalue weighted by atomic mass is 19.3. The summed E-state index contributed by atoms with van der Waals surface area (Å²) in [6, 6.07) is 7.45. The summed E-state index contributed by atoms with van der Waals surface area (Å²) in [5, 5.41) is 6.75. The van der Waals surface area contributed by atoms with Crippen molar-refractivity contribution in [1.82, 2.24) is 20.1 Å². The molecule has 0 radical (unpaired) electrons. The normalized spacial score (nSPS) is 20.0. The Balaban J connectivity index is 1.54. The number of halogens is 2. The Bertz CT molecular complexity index is 640. The number of nitrogens with one attached hydrogen (secondary N) is 1. The number of alkyl halides is 2. The molecule has 116 valence electrons. The molecule has 0 aliphatic heterocycles. The predicted molar refractivity (Wildman–Crippen MR) is 75.5 cm³/mol. The van der Waals surface area contributed by atoms with Crippen LogP contribution >= 0.6 is 0 Å². The van der Waals surface area contributed by atoms with Crippen molar-refractivity contribution in [2.45, 2.75) is 31.7 Å². The smallest absolute Gasteiger partial charge is 0.248 e. The quantitative estimate of drug-likeness (QED) is 0.943. The molecule has 1 unspecified atom stereocenters. The highest BCUT2D eigenvalue weighted by Gasteiger charge is 2.42. The molecule has 2 aromatic rings. The van der Waals surface area contributed by atoms with Gasteiger partial charge in [-0.2, -0.15) is 5.10 Å².